The Morgan fingerprint density at radius 1 is 1.42 bits per heavy atom. The summed E-state index contributed by atoms with van der Waals surface area (Å²) in [5.74, 6) is 0.964. The van der Waals surface area contributed by atoms with Gasteiger partial charge in [0.05, 0.1) is 23.6 Å². The van der Waals surface area contributed by atoms with Gasteiger partial charge in [-0.2, -0.15) is 5.10 Å². The molecule has 2 heterocycles. The van der Waals surface area contributed by atoms with Gasteiger partial charge in [0.25, 0.3) is 5.91 Å². The van der Waals surface area contributed by atoms with Crippen LogP contribution >= 0.6 is 0 Å². The van der Waals surface area contributed by atoms with Gasteiger partial charge in [0.1, 0.15) is 0 Å². The van der Waals surface area contributed by atoms with Crippen molar-refractivity contribution in [3.05, 3.63) is 41.9 Å². The number of hydrogen-bond donors (Lipinski definition) is 2. The van der Waals surface area contributed by atoms with Crippen molar-refractivity contribution in [2.24, 2.45) is 5.92 Å². The molecule has 0 bridgehead atoms. The Morgan fingerprint density at radius 3 is 3.00 bits per heavy atom. The van der Waals surface area contributed by atoms with Crippen LogP contribution in [0.1, 0.15) is 48.7 Å². The molecule has 6 nitrogen and oxygen atoms in total. The lowest BCUT2D eigenvalue weighted by Gasteiger charge is -2.25. The first kappa shape index (κ1) is 16.6. The van der Waals surface area contributed by atoms with E-state index in [1.165, 1.54) is 0 Å². The summed E-state index contributed by atoms with van der Waals surface area (Å²) >= 11 is 0. The summed E-state index contributed by atoms with van der Waals surface area (Å²) in [4.78, 5) is 16.8. The second kappa shape index (κ2) is 7.57. The monoisotopic (exact) mass is 328 g/mol. The molecule has 1 amide bonds. The average molecular weight is 328 g/mol. The molecule has 1 aliphatic carbocycles. The highest BCUT2D eigenvalue weighted by atomic mass is 16.3. The summed E-state index contributed by atoms with van der Waals surface area (Å²) in [6.45, 7) is 2.61. The van der Waals surface area contributed by atoms with Gasteiger partial charge in [-0.15, -0.1) is 0 Å². The molecule has 0 radical (unpaired) electrons. The fourth-order valence-corrected chi connectivity index (χ4v) is 3.36. The Kier molecular flexibility index (Phi) is 5.25. The lowest BCUT2D eigenvalue weighted by Crippen LogP contribution is -2.33. The normalized spacial score (nSPS) is 20.8. The maximum absolute atomic E-state index is 12.5. The average Bonchev–Trinajstić information content (AvgIpc) is 3.04. The Labute approximate surface area is 141 Å². The molecule has 24 heavy (non-hydrogen) atoms. The molecule has 2 atom stereocenters. The minimum Gasteiger partial charge on any atom is -0.393 e. The number of aromatic nitrogens is 3. The van der Waals surface area contributed by atoms with Crippen molar-refractivity contribution in [3.63, 3.8) is 0 Å². The van der Waals surface area contributed by atoms with E-state index in [0.717, 1.165) is 31.4 Å². The summed E-state index contributed by atoms with van der Waals surface area (Å²) in [7, 11) is 0. The van der Waals surface area contributed by atoms with Crippen molar-refractivity contribution in [1.29, 1.82) is 0 Å². The molecule has 2 unspecified atom stereocenters. The third-order valence-corrected chi connectivity index (χ3v) is 4.62. The SMILES string of the molecule is CCc1c(C(=O)NCC2CCCC(O)C2)cnn1-c1ccccn1. The number of carbonyl (C=O) groups is 1. The van der Waals surface area contributed by atoms with E-state index in [1.54, 1.807) is 17.1 Å². The van der Waals surface area contributed by atoms with Gasteiger partial charge in [0, 0.05) is 12.7 Å². The van der Waals surface area contributed by atoms with Crippen LogP contribution in [0.25, 0.3) is 5.82 Å². The molecule has 128 valence electrons. The van der Waals surface area contributed by atoms with Crippen molar-refractivity contribution in [2.45, 2.75) is 45.1 Å². The van der Waals surface area contributed by atoms with Gasteiger partial charge in [-0.1, -0.05) is 19.4 Å². The van der Waals surface area contributed by atoms with E-state index < -0.39 is 0 Å². The summed E-state index contributed by atoms with van der Waals surface area (Å²) in [6.07, 6.45) is 7.53. The van der Waals surface area contributed by atoms with Gasteiger partial charge in [-0.3, -0.25) is 4.79 Å². The third kappa shape index (κ3) is 3.64. The predicted molar refractivity (Wildman–Crippen MR) is 91.0 cm³/mol. The number of pyridine rings is 1. The van der Waals surface area contributed by atoms with E-state index in [-0.39, 0.29) is 12.0 Å². The van der Waals surface area contributed by atoms with Crippen molar-refractivity contribution >= 4 is 5.91 Å². The Bertz CT molecular complexity index is 684. The minimum atomic E-state index is -0.223. The fraction of sp³-hybridized carbons (Fsp3) is 0.500. The molecule has 6 heteroatoms. The third-order valence-electron chi connectivity index (χ3n) is 4.62. The van der Waals surface area contributed by atoms with Gasteiger partial charge in [-0.05, 0) is 43.7 Å². The lowest BCUT2D eigenvalue weighted by atomic mass is 9.87. The number of hydrogen-bond acceptors (Lipinski definition) is 4. The highest BCUT2D eigenvalue weighted by Gasteiger charge is 2.22. The highest BCUT2D eigenvalue weighted by molar-refractivity contribution is 5.95. The van der Waals surface area contributed by atoms with Gasteiger partial charge < -0.3 is 10.4 Å². The first-order valence-corrected chi connectivity index (χ1v) is 8.63. The number of amides is 1. The van der Waals surface area contributed by atoms with Gasteiger partial charge >= 0.3 is 0 Å². The highest BCUT2D eigenvalue weighted by Crippen LogP contribution is 2.23. The number of nitrogens with one attached hydrogen (secondary N) is 1. The molecule has 1 aliphatic rings. The molecule has 1 fully saturated rings. The second-order valence-corrected chi connectivity index (χ2v) is 6.35. The van der Waals surface area contributed by atoms with E-state index in [9.17, 15) is 9.90 Å². The zero-order valence-corrected chi connectivity index (χ0v) is 14.0. The molecule has 0 spiro atoms. The van der Waals surface area contributed by atoms with E-state index >= 15 is 0 Å². The zero-order valence-electron chi connectivity index (χ0n) is 14.0. The number of rotatable bonds is 5. The van der Waals surface area contributed by atoms with Gasteiger partial charge in [-0.25, -0.2) is 9.67 Å². The van der Waals surface area contributed by atoms with Crippen molar-refractivity contribution < 1.29 is 9.90 Å². The van der Waals surface area contributed by atoms with Crippen LogP contribution in [0, 0.1) is 5.92 Å². The Balaban J connectivity index is 1.70. The number of aliphatic hydroxyl groups is 1. The largest absolute Gasteiger partial charge is 0.393 e. The van der Waals surface area contributed by atoms with Crippen molar-refractivity contribution in [3.8, 4) is 5.82 Å². The smallest absolute Gasteiger partial charge is 0.254 e. The molecule has 0 aromatic carbocycles. The number of nitrogens with zero attached hydrogens (tertiary/aromatic N) is 3. The van der Waals surface area contributed by atoms with Gasteiger partial charge in [0.15, 0.2) is 5.82 Å². The summed E-state index contributed by atoms with van der Waals surface area (Å²) in [5.41, 5.74) is 1.45. The minimum absolute atomic E-state index is 0.103. The first-order chi connectivity index (χ1) is 11.7. The molecule has 2 aromatic heterocycles. The Hall–Kier alpha value is -2.21. The summed E-state index contributed by atoms with van der Waals surface area (Å²) in [5, 5.41) is 17.1. The molecular weight excluding hydrogens is 304 g/mol. The molecule has 0 aliphatic heterocycles. The predicted octanol–water partition coefficient (Wildman–Crippen LogP) is 2.11. The van der Waals surface area contributed by atoms with Crippen LogP contribution in [-0.2, 0) is 6.42 Å². The summed E-state index contributed by atoms with van der Waals surface area (Å²) < 4.78 is 1.72. The van der Waals surface area contributed by atoms with E-state index in [1.807, 2.05) is 25.1 Å². The molecule has 1 saturated carbocycles. The summed E-state index contributed by atoms with van der Waals surface area (Å²) in [6, 6.07) is 5.62. The standard InChI is InChI=1S/C18H24N4O2/c1-2-16-15(12-21-22(16)17-8-3-4-9-19-17)18(24)20-11-13-6-5-7-14(23)10-13/h3-4,8-9,12-14,23H,2,5-7,10-11H2,1H3,(H,20,24). The molecule has 2 N–H and O–H groups in total. The van der Waals surface area contributed by atoms with E-state index in [4.69, 9.17) is 0 Å². The van der Waals surface area contributed by atoms with Crippen LogP contribution in [0.4, 0.5) is 0 Å². The fourth-order valence-electron chi connectivity index (χ4n) is 3.36. The van der Waals surface area contributed by atoms with Crippen molar-refractivity contribution in [1.82, 2.24) is 20.1 Å². The van der Waals surface area contributed by atoms with Crippen LogP contribution in [-0.4, -0.2) is 38.4 Å². The molecule has 2 aromatic rings. The van der Waals surface area contributed by atoms with Crippen LogP contribution < -0.4 is 5.32 Å². The Morgan fingerprint density at radius 2 is 2.29 bits per heavy atom. The van der Waals surface area contributed by atoms with Crippen molar-refractivity contribution in [2.75, 3.05) is 6.54 Å². The first-order valence-electron chi connectivity index (χ1n) is 8.63. The quantitative estimate of drug-likeness (QED) is 0.881. The topological polar surface area (TPSA) is 80.0 Å². The van der Waals surface area contributed by atoms with Crippen LogP contribution in [0.3, 0.4) is 0 Å². The zero-order chi connectivity index (χ0) is 16.9. The maximum Gasteiger partial charge on any atom is 0.254 e. The van der Waals surface area contributed by atoms with E-state index in [0.29, 0.717) is 30.3 Å². The van der Waals surface area contributed by atoms with Crippen LogP contribution in [0.5, 0.6) is 0 Å². The molecule has 0 saturated heterocycles. The molecular formula is C18H24N4O2. The van der Waals surface area contributed by atoms with Gasteiger partial charge in [0.2, 0.25) is 0 Å². The van der Waals surface area contributed by atoms with Crippen LogP contribution in [0.15, 0.2) is 30.6 Å². The molecule has 3 rings (SSSR count). The maximum atomic E-state index is 12.5. The second-order valence-electron chi connectivity index (χ2n) is 6.35. The lowest BCUT2D eigenvalue weighted by molar-refractivity contribution is 0.0873. The number of carbonyl (C=O) groups excluding carboxylic acids is 1. The van der Waals surface area contributed by atoms with Crippen LogP contribution in [0.2, 0.25) is 0 Å². The number of aliphatic hydroxyl groups excluding tert-OH is 1. The van der Waals surface area contributed by atoms with E-state index in [2.05, 4.69) is 15.4 Å².